The van der Waals surface area contributed by atoms with Gasteiger partial charge in [-0.15, -0.1) is 0 Å². The van der Waals surface area contributed by atoms with Crippen LogP contribution >= 0.6 is 0 Å². The molecule has 0 N–H and O–H groups in total. The Morgan fingerprint density at radius 2 is 1.96 bits per heavy atom. The van der Waals surface area contributed by atoms with Crippen LogP contribution < -0.4 is 4.74 Å². The van der Waals surface area contributed by atoms with Gasteiger partial charge in [0, 0.05) is 35.8 Å². The average Bonchev–Trinajstić information content (AvgIpc) is 2.97. The number of rotatable bonds is 5. The largest absolute Gasteiger partial charge is 0.492 e. The smallest absolute Gasteiger partial charge is 0.319 e. The Morgan fingerprint density at radius 3 is 2.73 bits per heavy atom. The van der Waals surface area contributed by atoms with Gasteiger partial charge < -0.3 is 4.74 Å². The number of likely N-dealkylation sites (tertiary alicyclic amines) is 1. The van der Waals surface area contributed by atoms with Gasteiger partial charge in [-0.05, 0) is 50.0 Å². The Morgan fingerprint density at radius 1 is 1.15 bits per heavy atom. The lowest BCUT2D eigenvalue weighted by Crippen LogP contribution is -2.35. The lowest BCUT2D eigenvalue weighted by atomic mass is 9.99. The molecular weight excluding hydrogens is 336 g/mol. The molecule has 26 heavy (non-hydrogen) atoms. The predicted molar refractivity (Wildman–Crippen MR) is 98.8 cm³/mol. The van der Waals surface area contributed by atoms with Gasteiger partial charge in [-0.1, -0.05) is 6.92 Å². The van der Waals surface area contributed by atoms with Gasteiger partial charge in [0.15, 0.2) is 0 Å². The second-order valence-corrected chi connectivity index (χ2v) is 7.09. The molecule has 1 fully saturated rings. The topological polar surface area (TPSA) is 30.3 Å². The molecule has 0 bridgehead atoms. The van der Waals surface area contributed by atoms with E-state index < -0.39 is 6.55 Å². The minimum atomic E-state index is -2.61. The molecule has 0 aliphatic carbocycles. The fourth-order valence-corrected chi connectivity index (χ4v) is 3.75. The Hall–Kier alpha value is -2.21. The summed E-state index contributed by atoms with van der Waals surface area (Å²) in [5.41, 5.74) is 0.969. The zero-order valence-electron chi connectivity index (χ0n) is 14.9. The number of halogens is 2. The number of benzene rings is 1. The van der Waals surface area contributed by atoms with E-state index >= 15 is 0 Å². The monoisotopic (exact) mass is 359 g/mol. The Balaban J connectivity index is 1.53. The molecule has 4 rings (SSSR count). The van der Waals surface area contributed by atoms with E-state index in [0.717, 1.165) is 40.9 Å². The third kappa shape index (κ3) is 3.26. The second kappa shape index (κ2) is 7.19. The molecule has 0 spiro atoms. The molecular formula is C20H23F2N3O. The first-order valence-corrected chi connectivity index (χ1v) is 9.14. The number of hydrogen-bond acceptors (Lipinski definition) is 3. The third-order valence-electron chi connectivity index (χ3n) is 5.32. The van der Waals surface area contributed by atoms with Gasteiger partial charge in [-0.3, -0.25) is 14.5 Å². The summed E-state index contributed by atoms with van der Waals surface area (Å²) in [5.74, 6) is 1.43. The second-order valence-electron chi connectivity index (χ2n) is 7.09. The summed E-state index contributed by atoms with van der Waals surface area (Å²) in [4.78, 5) is 6.47. The summed E-state index contributed by atoms with van der Waals surface area (Å²) in [6, 6.07) is 7.03. The molecule has 1 aliphatic rings. The maximum atomic E-state index is 13.6. The van der Waals surface area contributed by atoms with Crippen molar-refractivity contribution < 1.29 is 13.5 Å². The predicted octanol–water partition coefficient (Wildman–Crippen LogP) is 4.70. The van der Waals surface area contributed by atoms with Gasteiger partial charge in [-0.25, -0.2) is 0 Å². The number of piperidine rings is 1. The van der Waals surface area contributed by atoms with Gasteiger partial charge in [0.1, 0.15) is 12.4 Å². The minimum Gasteiger partial charge on any atom is -0.492 e. The molecule has 0 unspecified atom stereocenters. The van der Waals surface area contributed by atoms with Gasteiger partial charge >= 0.3 is 6.55 Å². The van der Waals surface area contributed by atoms with E-state index in [0.29, 0.717) is 23.4 Å². The number of fused-ring (bicyclic) bond motifs is 3. The van der Waals surface area contributed by atoms with Gasteiger partial charge in [0.2, 0.25) is 0 Å². The highest BCUT2D eigenvalue weighted by Crippen LogP contribution is 2.34. The standard InChI is InChI=1S/C20H23F2N3O/c1-14-5-8-24(9-6-14)10-11-26-15-2-3-16-17-13-23-7-4-18(17)25(20(21)22)19(16)12-15/h2-4,7,12-14,20H,5-6,8-11H2,1H3. The van der Waals surface area contributed by atoms with E-state index in [9.17, 15) is 8.78 Å². The normalized spacial score (nSPS) is 16.8. The number of alkyl halides is 2. The maximum absolute atomic E-state index is 13.6. The van der Waals surface area contributed by atoms with Crippen LogP contribution in [-0.2, 0) is 0 Å². The molecule has 0 saturated carbocycles. The summed E-state index contributed by atoms with van der Waals surface area (Å²) in [6.07, 6.45) is 5.63. The SMILES string of the molecule is CC1CCN(CCOc2ccc3c4cnccc4n(C(F)F)c3c2)CC1. The quantitative estimate of drug-likeness (QED) is 0.662. The fraction of sp³-hybridized carbons (Fsp3) is 0.450. The zero-order valence-corrected chi connectivity index (χ0v) is 14.9. The summed E-state index contributed by atoms with van der Waals surface area (Å²) < 4.78 is 34.1. The average molecular weight is 359 g/mol. The van der Waals surface area contributed by atoms with Crippen molar-refractivity contribution in [2.45, 2.75) is 26.3 Å². The number of hydrogen-bond donors (Lipinski definition) is 0. The van der Waals surface area contributed by atoms with E-state index in [-0.39, 0.29) is 0 Å². The highest BCUT2D eigenvalue weighted by Gasteiger charge is 2.18. The van der Waals surface area contributed by atoms with Crippen molar-refractivity contribution in [1.82, 2.24) is 14.5 Å². The Kier molecular flexibility index (Phi) is 4.76. The van der Waals surface area contributed by atoms with Crippen LogP contribution in [0.1, 0.15) is 26.3 Å². The van der Waals surface area contributed by atoms with Gasteiger partial charge in [0.05, 0.1) is 11.0 Å². The summed E-state index contributed by atoms with van der Waals surface area (Å²) in [7, 11) is 0. The number of aromatic nitrogens is 2. The first kappa shape index (κ1) is 17.2. The zero-order chi connectivity index (χ0) is 18.1. The van der Waals surface area contributed by atoms with Gasteiger partial charge in [-0.2, -0.15) is 8.78 Å². The lowest BCUT2D eigenvalue weighted by molar-refractivity contribution is 0.0796. The summed E-state index contributed by atoms with van der Waals surface area (Å²) in [5, 5.41) is 1.50. The minimum absolute atomic E-state index is 0.479. The van der Waals surface area contributed by atoms with Crippen LogP contribution in [0.3, 0.4) is 0 Å². The van der Waals surface area contributed by atoms with E-state index in [2.05, 4.69) is 16.8 Å². The molecule has 3 aromatic rings. The molecule has 1 saturated heterocycles. The van der Waals surface area contributed by atoms with E-state index in [4.69, 9.17) is 4.74 Å². The highest BCUT2D eigenvalue weighted by atomic mass is 19.3. The molecule has 3 heterocycles. The van der Waals surface area contributed by atoms with Crippen molar-refractivity contribution in [3.8, 4) is 5.75 Å². The highest BCUT2D eigenvalue weighted by molar-refractivity contribution is 6.08. The fourth-order valence-electron chi connectivity index (χ4n) is 3.75. The lowest BCUT2D eigenvalue weighted by Gasteiger charge is -2.29. The van der Waals surface area contributed by atoms with Gasteiger partial charge in [0.25, 0.3) is 0 Å². The van der Waals surface area contributed by atoms with Crippen LogP contribution in [0.4, 0.5) is 8.78 Å². The van der Waals surface area contributed by atoms with Crippen LogP contribution in [0.25, 0.3) is 21.8 Å². The summed E-state index contributed by atoms with van der Waals surface area (Å²) >= 11 is 0. The maximum Gasteiger partial charge on any atom is 0.319 e. The van der Waals surface area contributed by atoms with E-state index in [1.807, 2.05) is 12.1 Å². The van der Waals surface area contributed by atoms with Crippen LogP contribution in [0.15, 0.2) is 36.7 Å². The first-order valence-electron chi connectivity index (χ1n) is 9.14. The van der Waals surface area contributed by atoms with Crippen LogP contribution in [0.5, 0.6) is 5.75 Å². The van der Waals surface area contributed by atoms with Crippen molar-refractivity contribution in [3.63, 3.8) is 0 Å². The van der Waals surface area contributed by atoms with Crippen LogP contribution in [-0.4, -0.2) is 40.7 Å². The molecule has 2 aromatic heterocycles. The molecule has 4 nitrogen and oxygen atoms in total. The van der Waals surface area contributed by atoms with Crippen molar-refractivity contribution in [2.24, 2.45) is 5.92 Å². The van der Waals surface area contributed by atoms with E-state index in [1.54, 1.807) is 18.3 Å². The number of pyridine rings is 1. The summed E-state index contributed by atoms with van der Waals surface area (Å²) in [6.45, 7) is 3.33. The van der Waals surface area contributed by atoms with Crippen LogP contribution in [0, 0.1) is 5.92 Å². The van der Waals surface area contributed by atoms with Crippen molar-refractivity contribution in [3.05, 3.63) is 36.7 Å². The molecule has 1 aromatic carbocycles. The number of nitrogens with zero attached hydrogens (tertiary/aromatic N) is 3. The molecule has 0 atom stereocenters. The molecule has 1 aliphatic heterocycles. The molecule has 6 heteroatoms. The van der Waals surface area contributed by atoms with Crippen LogP contribution in [0.2, 0.25) is 0 Å². The Labute approximate surface area is 151 Å². The molecule has 0 amide bonds. The van der Waals surface area contributed by atoms with Crippen molar-refractivity contribution >= 4 is 21.8 Å². The van der Waals surface area contributed by atoms with E-state index in [1.165, 1.54) is 19.0 Å². The van der Waals surface area contributed by atoms with Crippen molar-refractivity contribution in [1.29, 1.82) is 0 Å². The number of ether oxygens (including phenoxy) is 1. The molecule has 0 radical (unpaired) electrons. The van der Waals surface area contributed by atoms with Crippen molar-refractivity contribution in [2.75, 3.05) is 26.2 Å². The first-order chi connectivity index (χ1) is 12.6. The third-order valence-corrected chi connectivity index (χ3v) is 5.32. The molecule has 138 valence electrons. The Bertz CT molecular complexity index is 901.